The Hall–Kier alpha value is -5.78. The van der Waals surface area contributed by atoms with E-state index in [2.05, 4.69) is 75.7 Å². The molecule has 0 spiro atoms. The summed E-state index contributed by atoms with van der Waals surface area (Å²) in [7, 11) is -1.15. The lowest BCUT2D eigenvalue weighted by molar-refractivity contribution is -0.137. The van der Waals surface area contributed by atoms with Crippen molar-refractivity contribution in [3.8, 4) is 5.75 Å². The first kappa shape index (κ1) is 49.2. The van der Waals surface area contributed by atoms with Crippen LogP contribution >= 0.6 is 23.1 Å². The van der Waals surface area contributed by atoms with Crippen LogP contribution in [0.2, 0.25) is 0 Å². The fraction of sp³-hybridized carbons (Fsp3) is 0.460. The van der Waals surface area contributed by atoms with Gasteiger partial charge in [0.25, 0.3) is 0 Å². The molecular weight excluding hydrogens is 983 g/mol. The second-order valence-corrected chi connectivity index (χ2v) is 22.9. The minimum atomic E-state index is -2.80. The van der Waals surface area contributed by atoms with Crippen LogP contribution in [0, 0.1) is 17.6 Å². The topological polar surface area (TPSA) is 178 Å². The van der Waals surface area contributed by atoms with E-state index in [0.29, 0.717) is 83.7 Å². The molecule has 0 bridgehead atoms. The van der Waals surface area contributed by atoms with Crippen molar-refractivity contribution in [1.82, 2.24) is 35.1 Å². The van der Waals surface area contributed by atoms with Crippen molar-refractivity contribution >= 4 is 91.5 Å². The minimum absolute atomic E-state index is 0.0253. The lowest BCUT2D eigenvalue weighted by Gasteiger charge is -2.44. The third-order valence-electron chi connectivity index (χ3n) is 14.2. The SMILES string of the molecule is CCc1ncc2c(P(C)(C)=O)c(Nc3nc(Nc4cc(CC)c(N5CCC(N6CCN(C(=O)[C@@H]7CCN(c8cc(F)c([C@H]9CCC(=O)NC9=O)c(F)c8)C7)CC6)CC5)cc4OC)ncc3Br)ccc2n1. The van der Waals surface area contributed by atoms with Gasteiger partial charge in [0.2, 0.25) is 23.7 Å². The van der Waals surface area contributed by atoms with E-state index < -0.39 is 36.5 Å². The molecule has 2 atom stereocenters. The lowest BCUT2D eigenvalue weighted by atomic mass is 9.89. The zero-order chi connectivity index (χ0) is 49.4. The number of aryl methyl sites for hydroxylation is 2. The predicted octanol–water partition coefficient (Wildman–Crippen LogP) is 7.49. The second kappa shape index (κ2) is 20.5. The minimum Gasteiger partial charge on any atom is -0.494 e. The molecule has 70 heavy (non-hydrogen) atoms. The Morgan fingerprint density at radius 2 is 1.60 bits per heavy atom. The number of nitrogens with one attached hydrogen (secondary N) is 3. The molecule has 20 heteroatoms. The Morgan fingerprint density at radius 3 is 2.27 bits per heavy atom. The average Bonchev–Trinajstić information content (AvgIpc) is 3.85. The maximum absolute atomic E-state index is 15.3. The van der Waals surface area contributed by atoms with E-state index in [9.17, 15) is 18.9 Å². The third kappa shape index (κ3) is 10.2. The van der Waals surface area contributed by atoms with E-state index in [1.54, 1.807) is 32.8 Å². The highest BCUT2D eigenvalue weighted by Crippen LogP contribution is 2.43. The number of carbonyl (C=O) groups excluding carboxylic acids is 3. The number of ether oxygens (including phenoxy) is 1. The summed E-state index contributed by atoms with van der Waals surface area (Å²) in [5, 5.41) is 10.4. The van der Waals surface area contributed by atoms with Gasteiger partial charge in [-0.25, -0.2) is 23.7 Å². The molecule has 16 nitrogen and oxygen atoms in total. The summed E-state index contributed by atoms with van der Waals surface area (Å²) in [5.74, 6) is -1.82. The highest BCUT2D eigenvalue weighted by molar-refractivity contribution is 9.10. The normalized spacial score (nSPS) is 19.5. The van der Waals surface area contributed by atoms with Crippen LogP contribution in [0.3, 0.4) is 0 Å². The fourth-order valence-corrected chi connectivity index (χ4v) is 12.2. The van der Waals surface area contributed by atoms with Crippen molar-refractivity contribution in [2.24, 2.45) is 5.92 Å². The van der Waals surface area contributed by atoms with Crippen molar-refractivity contribution in [3.63, 3.8) is 0 Å². The Balaban J connectivity index is 0.797. The van der Waals surface area contributed by atoms with Crippen LogP contribution in [0.5, 0.6) is 5.75 Å². The average molecular weight is 1040 g/mol. The number of carbonyl (C=O) groups is 3. The maximum Gasteiger partial charge on any atom is 0.234 e. The quantitative estimate of drug-likeness (QED) is 0.0781. The number of halogens is 3. The summed E-state index contributed by atoms with van der Waals surface area (Å²) in [6.07, 6.45) is 7.54. The smallest absolute Gasteiger partial charge is 0.234 e. The Morgan fingerprint density at radius 1 is 0.871 bits per heavy atom. The van der Waals surface area contributed by atoms with Crippen LogP contribution in [-0.4, -0.2) is 126 Å². The zero-order valence-corrected chi connectivity index (χ0v) is 42.6. The first-order valence-corrected chi connectivity index (χ1v) is 27.5. The molecule has 0 saturated carbocycles. The van der Waals surface area contributed by atoms with Gasteiger partial charge in [-0.2, -0.15) is 4.98 Å². The number of hydrogen-bond donors (Lipinski definition) is 3. The number of amides is 3. The number of nitrogens with zero attached hydrogens (tertiary/aromatic N) is 8. The Bertz CT molecular complexity index is 2870. The predicted molar refractivity (Wildman–Crippen MR) is 272 cm³/mol. The summed E-state index contributed by atoms with van der Waals surface area (Å²) in [6.45, 7) is 13.0. The van der Waals surface area contributed by atoms with Crippen molar-refractivity contribution < 1.29 is 32.5 Å². The van der Waals surface area contributed by atoms with E-state index >= 15 is 8.78 Å². The highest BCUT2D eigenvalue weighted by Gasteiger charge is 2.37. The molecule has 6 heterocycles. The lowest BCUT2D eigenvalue weighted by Crippen LogP contribution is -2.55. The van der Waals surface area contributed by atoms with Gasteiger partial charge in [-0.1, -0.05) is 13.8 Å². The van der Waals surface area contributed by atoms with Crippen molar-refractivity contribution in [2.45, 2.75) is 70.8 Å². The van der Waals surface area contributed by atoms with Crippen LogP contribution in [-0.2, 0) is 31.8 Å². The van der Waals surface area contributed by atoms with Gasteiger partial charge in [0.05, 0.1) is 40.3 Å². The number of benzene rings is 3. The van der Waals surface area contributed by atoms with Crippen LogP contribution in [0.1, 0.15) is 68.8 Å². The standard InChI is InChI=1S/C50H59BrF2N11O5P/c1-6-29-22-40(58-50-55-27-35(51)47(60-50)57-39-10-9-38-34(46(39)70(4,5)68)26-54-43(7-2)56-38)42(69-3)25-41(29)62-16-13-31(14-17-62)61-18-20-63(21-19-61)49(67)30-12-15-64(28-30)32-23-36(52)45(37(53)24-32)33-8-11-44(65)59-48(33)66/h9-10,22-27,30-31,33H,6-8,11-21,28H2,1-5H3,(H,59,65,66)(H2,55,57,58,60)/t30-,33-/m1/s1. The number of aromatic nitrogens is 4. The Labute approximate surface area is 414 Å². The van der Waals surface area contributed by atoms with Gasteiger partial charge in [-0.3, -0.25) is 24.6 Å². The van der Waals surface area contributed by atoms with E-state index in [-0.39, 0.29) is 30.2 Å². The molecule has 4 aliphatic heterocycles. The Kier molecular flexibility index (Phi) is 14.4. The number of piperazine rings is 1. The molecule has 4 fully saturated rings. The third-order valence-corrected chi connectivity index (χ3v) is 16.3. The number of fused-ring (bicyclic) bond motifs is 1. The summed E-state index contributed by atoms with van der Waals surface area (Å²) < 4.78 is 50.9. The van der Waals surface area contributed by atoms with Crippen LogP contribution in [0.15, 0.2) is 53.3 Å². The summed E-state index contributed by atoms with van der Waals surface area (Å²) in [6, 6.07) is 10.8. The molecule has 0 radical (unpaired) electrons. The van der Waals surface area contributed by atoms with Crippen molar-refractivity contribution in [3.05, 3.63) is 81.9 Å². The van der Waals surface area contributed by atoms with Gasteiger partial charge in [-0.05, 0) is 97.3 Å². The van der Waals surface area contributed by atoms with Gasteiger partial charge in [0.1, 0.15) is 36.2 Å². The van der Waals surface area contributed by atoms with E-state index in [0.717, 1.165) is 79.1 Å². The molecule has 5 aromatic rings. The molecule has 0 aliphatic carbocycles. The summed E-state index contributed by atoms with van der Waals surface area (Å²) >= 11 is 3.61. The molecule has 3 amide bonds. The van der Waals surface area contributed by atoms with Gasteiger partial charge in [0.15, 0.2) is 0 Å². The number of anilines is 6. The molecule has 9 rings (SSSR count). The van der Waals surface area contributed by atoms with E-state index in [1.165, 1.54) is 12.1 Å². The summed E-state index contributed by atoms with van der Waals surface area (Å²) in [4.78, 5) is 65.0. The van der Waals surface area contributed by atoms with Crippen LogP contribution in [0.25, 0.3) is 10.9 Å². The largest absolute Gasteiger partial charge is 0.494 e. The maximum atomic E-state index is 15.3. The number of imide groups is 1. The fourth-order valence-electron chi connectivity index (χ4n) is 10.5. The molecule has 0 unspecified atom stereocenters. The second-order valence-electron chi connectivity index (χ2n) is 18.9. The molecule has 370 valence electrons. The number of piperidine rings is 2. The van der Waals surface area contributed by atoms with Crippen molar-refractivity contribution in [1.29, 1.82) is 0 Å². The highest BCUT2D eigenvalue weighted by atomic mass is 79.9. The van der Waals surface area contributed by atoms with Crippen LogP contribution in [0.4, 0.5) is 43.3 Å². The molecule has 4 saturated heterocycles. The zero-order valence-electron chi connectivity index (χ0n) is 40.2. The number of methoxy groups -OCH3 is 1. The first-order chi connectivity index (χ1) is 33.6. The van der Waals surface area contributed by atoms with Gasteiger partial charge in [-0.15, -0.1) is 0 Å². The molecular formula is C50H59BrF2N11O5P. The number of rotatable bonds is 13. The van der Waals surface area contributed by atoms with Gasteiger partial charge in [0, 0.05) is 117 Å². The van der Waals surface area contributed by atoms with Crippen molar-refractivity contribution in [2.75, 3.05) is 93.2 Å². The van der Waals surface area contributed by atoms with Gasteiger partial charge >= 0.3 is 0 Å². The molecule has 2 aromatic heterocycles. The summed E-state index contributed by atoms with van der Waals surface area (Å²) in [5.41, 5.74) is 4.43. The molecule has 4 aliphatic rings. The monoisotopic (exact) mass is 1040 g/mol. The molecule has 3 N–H and O–H groups in total. The molecule has 3 aromatic carbocycles. The van der Waals surface area contributed by atoms with Gasteiger partial charge < -0.3 is 34.6 Å². The van der Waals surface area contributed by atoms with Crippen LogP contribution < -0.4 is 35.8 Å². The number of hydrogen-bond acceptors (Lipinski definition) is 14. The van der Waals surface area contributed by atoms with E-state index in [4.69, 9.17) is 9.72 Å². The van der Waals surface area contributed by atoms with E-state index in [1.807, 2.05) is 28.9 Å². The first-order valence-electron chi connectivity index (χ1n) is 24.1.